The zero-order valence-corrected chi connectivity index (χ0v) is 9.72. The number of hydrogen-bond donors (Lipinski definition) is 2. The van der Waals surface area contributed by atoms with Crippen LogP contribution in [0.3, 0.4) is 0 Å². The van der Waals surface area contributed by atoms with Crippen LogP contribution < -0.4 is 11.5 Å². The van der Waals surface area contributed by atoms with Gasteiger partial charge in [-0.15, -0.1) is 0 Å². The van der Waals surface area contributed by atoms with E-state index >= 15 is 0 Å². The summed E-state index contributed by atoms with van der Waals surface area (Å²) in [6, 6.07) is -2.04. The second-order valence-electron chi connectivity index (χ2n) is 3.82. The molecule has 7 heteroatoms. The van der Waals surface area contributed by atoms with Crippen LogP contribution in [0.4, 0.5) is 0 Å². The average Bonchev–Trinajstić information content (AvgIpc) is 2.76. The molecule has 7 nitrogen and oxygen atoms in total. The van der Waals surface area contributed by atoms with Gasteiger partial charge in [0.15, 0.2) is 6.04 Å². The summed E-state index contributed by atoms with van der Waals surface area (Å²) in [5.41, 5.74) is 10.6. The molecule has 2 unspecified atom stereocenters. The molecular weight excluding hydrogens is 226 g/mol. The molecule has 2 atom stereocenters. The predicted octanol–water partition coefficient (Wildman–Crippen LogP) is -1.65. The summed E-state index contributed by atoms with van der Waals surface area (Å²) >= 11 is 0. The van der Waals surface area contributed by atoms with Crippen LogP contribution >= 0.6 is 0 Å². The molecule has 1 heterocycles. The maximum Gasteiger partial charge on any atom is 0.332 e. The lowest BCUT2D eigenvalue weighted by Crippen LogP contribution is -2.53. The van der Waals surface area contributed by atoms with Crippen molar-refractivity contribution in [1.82, 2.24) is 4.90 Å². The van der Waals surface area contributed by atoms with Crippen molar-refractivity contribution in [3.63, 3.8) is 0 Å². The summed E-state index contributed by atoms with van der Waals surface area (Å²) in [5.74, 6) is -1.97. The molecule has 17 heavy (non-hydrogen) atoms. The van der Waals surface area contributed by atoms with E-state index in [1.807, 2.05) is 0 Å². The molecule has 1 aliphatic heterocycles. The first-order chi connectivity index (χ1) is 7.99. The number of nitrogens with two attached hydrogens (primary N) is 2. The Morgan fingerprint density at radius 2 is 2.12 bits per heavy atom. The molecule has 0 aromatic rings. The summed E-state index contributed by atoms with van der Waals surface area (Å²) in [6.07, 6.45) is 1.19. The number of nitrogens with zero attached hydrogens (tertiary/aromatic N) is 1. The first-order valence-corrected chi connectivity index (χ1v) is 5.51. The summed E-state index contributed by atoms with van der Waals surface area (Å²) < 4.78 is 4.65. The standard InChI is InChI=1S/C10H17N3O4/c1-2-17-10(16)7(11)9(15)13-5-3-4-6(13)8(12)14/h6-7H,2-5,11H2,1H3,(H2,12,14). The maximum absolute atomic E-state index is 11.9. The van der Waals surface area contributed by atoms with Crippen LogP contribution in [0.2, 0.25) is 0 Å². The van der Waals surface area contributed by atoms with E-state index in [4.69, 9.17) is 11.5 Å². The Hall–Kier alpha value is -1.63. The van der Waals surface area contributed by atoms with Gasteiger partial charge >= 0.3 is 5.97 Å². The number of carbonyl (C=O) groups excluding carboxylic acids is 3. The highest BCUT2D eigenvalue weighted by Crippen LogP contribution is 2.17. The number of ether oxygens (including phenoxy) is 1. The Morgan fingerprint density at radius 3 is 2.65 bits per heavy atom. The van der Waals surface area contributed by atoms with Crippen LogP contribution in [0.15, 0.2) is 0 Å². The Kier molecular flexibility index (Phi) is 4.45. The van der Waals surface area contributed by atoms with Crippen LogP contribution in [-0.4, -0.2) is 47.9 Å². The number of esters is 1. The van der Waals surface area contributed by atoms with Gasteiger partial charge in [-0.3, -0.25) is 9.59 Å². The lowest BCUT2D eigenvalue weighted by molar-refractivity contribution is -0.152. The average molecular weight is 243 g/mol. The van der Waals surface area contributed by atoms with Gasteiger partial charge in [0.1, 0.15) is 6.04 Å². The molecule has 1 aliphatic rings. The van der Waals surface area contributed by atoms with E-state index in [0.717, 1.165) is 0 Å². The Balaban J connectivity index is 2.68. The van der Waals surface area contributed by atoms with Gasteiger partial charge < -0.3 is 21.1 Å². The van der Waals surface area contributed by atoms with Gasteiger partial charge in [0.05, 0.1) is 6.61 Å². The van der Waals surface area contributed by atoms with Gasteiger partial charge in [-0.1, -0.05) is 0 Å². The second-order valence-corrected chi connectivity index (χ2v) is 3.82. The smallest absolute Gasteiger partial charge is 0.332 e. The molecule has 0 aliphatic carbocycles. The highest BCUT2D eigenvalue weighted by Gasteiger charge is 2.37. The van der Waals surface area contributed by atoms with Gasteiger partial charge in [0.25, 0.3) is 5.91 Å². The molecule has 0 aromatic heterocycles. The third-order valence-electron chi connectivity index (χ3n) is 2.67. The second kappa shape index (κ2) is 5.62. The van der Waals surface area contributed by atoms with Gasteiger partial charge in [-0.05, 0) is 19.8 Å². The first kappa shape index (κ1) is 13.4. The van der Waals surface area contributed by atoms with Crippen molar-refractivity contribution in [2.24, 2.45) is 11.5 Å². The molecule has 4 N–H and O–H groups in total. The van der Waals surface area contributed by atoms with Crippen molar-refractivity contribution < 1.29 is 19.1 Å². The Labute approximate surface area is 99.1 Å². The minimum Gasteiger partial charge on any atom is -0.464 e. The van der Waals surface area contributed by atoms with Crippen LogP contribution in [0.25, 0.3) is 0 Å². The van der Waals surface area contributed by atoms with E-state index in [9.17, 15) is 14.4 Å². The molecule has 1 saturated heterocycles. The summed E-state index contributed by atoms with van der Waals surface area (Å²) in [5, 5.41) is 0. The highest BCUT2D eigenvalue weighted by molar-refractivity contribution is 6.03. The Morgan fingerprint density at radius 1 is 1.47 bits per heavy atom. The van der Waals surface area contributed by atoms with Crippen molar-refractivity contribution in [3.05, 3.63) is 0 Å². The first-order valence-electron chi connectivity index (χ1n) is 5.51. The molecule has 0 saturated carbocycles. The van der Waals surface area contributed by atoms with Gasteiger partial charge in [0, 0.05) is 6.54 Å². The molecule has 2 amide bonds. The lowest BCUT2D eigenvalue weighted by atomic mass is 10.2. The highest BCUT2D eigenvalue weighted by atomic mass is 16.5. The molecule has 1 fully saturated rings. The summed E-state index contributed by atoms with van der Waals surface area (Å²) in [4.78, 5) is 35.5. The number of carbonyl (C=O) groups is 3. The topological polar surface area (TPSA) is 116 Å². The minimum absolute atomic E-state index is 0.152. The third-order valence-corrected chi connectivity index (χ3v) is 2.67. The maximum atomic E-state index is 11.9. The van der Waals surface area contributed by atoms with Crippen LogP contribution in [-0.2, 0) is 19.1 Å². The van der Waals surface area contributed by atoms with Crippen molar-refractivity contribution in [3.8, 4) is 0 Å². The number of rotatable bonds is 4. The predicted molar refractivity (Wildman–Crippen MR) is 58.5 cm³/mol. The van der Waals surface area contributed by atoms with Crippen LogP contribution in [0.1, 0.15) is 19.8 Å². The number of primary amides is 1. The molecule has 0 radical (unpaired) electrons. The lowest BCUT2D eigenvalue weighted by Gasteiger charge is -2.24. The zero-order chi connectivity index (χ0) is 13.0. The SMILES string of the molecule is CCOC(=O)C(N)C(=O)N1CCCC1C(N)=O. The molecule has 0 spiro atoms. The fraction of sp³-hybridized carbons (Fsp3) is 0.700. The summed E-state index contributed by atoms with van der Waals surface area (Å²) in [6.45, 7) is 2.16. The Bertz CT molecular complexity index is 332. The number of amides is 2. The normalized spacial score (nSPS) is 21.1. The van der Waals surface area contributed by atoms with Gasteiger partial charge in [-0.2, -0.15) is 0 Å². The fourth-order valence-electron chi connectivity index (χ4n) is 1.84. The summed E-state index contributed by atoms with van der Waals surface area (Å²) in [7, 11) is 0. The van der Waals surface area contributed by atoms with Crippen LogP contribution in [0, 0.1) is 0 Å². The largest absolute Gasteiger partial charge is 0.464 e. The molecule has 0 bridgehead atoms. The van der Waals surface area contributed by atoms with Crippen LogP contribution in [0.5, 0.6) is 0 Å². The van der Waals surface area contributed by atoms with Gasteiger partial charge in [-0.25, -0.2) is 4.79 Å². The molecular formula is C10H17N3O4. The van der Waals surface area contributed by atoms with E-state index in [-0.39, 0.29) is 6.61 Å². The van der Waals surface area contributed by atoms with Crippen molar-refractivity contribution in [1.29, 1.82) is 0 Å². The fourth-order valence-corrected chi connectivity index (χ4v) is 1.84. The van der Waals surface area contributed by atoms with E-state index in [1.165, 1.54) is 4.90 Å². The van der Waals surface area contributed by atoms with E-state index in [0.29, 0.717) is 19.4 Å². The number of likely N-dealkylation sites (tertiary alicyclic amines) is 1. The molecule has 1 rings (SSSR count). The van der Waals surface area contributed by atoms with E-state index < -0.39 is 29.9 Å². The molecule has 96 valence electrons. The van der Waals surface area contributed by atoms with E-state index in [2.05, 4.69) is 4.74 Å². The quantitative estimate of drug-likeness (QED) is 0.453. The molecule has 0 aromatic carbocycles. The zero-order valence-electron chi connectivity index (χ0n) is 9.72. The third kappa shape index (κ3) is 2.94. The number of hydrogen-bond acceptors (Lipinski definition) is 5. The van der Waals surface area contributed by atoms with E-state index in [1.54, 1.807) is 6.92 Å². The monoisotopic (exact) mass is 243 g/mol. The van der Waals surface area contributed by atoms with Crippen molar-refractivity contribution in [2.75, 3.05) is 13.2 Å². The van der Waals surface area contributed by atoms with Crippen molar-refractivity contribution in [2.45, 2.75) is 31.8 Å². The van der Waals surface area contributed by atoms with Crippen molar-refractivity contribution >= 4 is 17.8 Å². The minimum atomic E-state index is -1.38. The van der Waals surface area contributed by atoms with Gasteiger partial charge in [0.2, 0.25) is 5.91 Å².